The molecule has 0 saturated carbocycles. The lowest BCUT2D eigenvalue weighted by atomic mass is 10.1. The Balaban J connectivity index is 2.27. The number of anilines is 1. The molecule has 0 aliphatic rings. The molecule has 2 rings (SSSR count). The third-order valence-electron chi connectivity index (χ3n) is 2.95. The molecule has 0 radical (unpaired) electrons. The molecule has 2 N–H and O–H groups in total. The van der Waals surface area contributed by atoms with Crippen LogP contribution in [0.5, 0.6) is 0 Å². The van der Waals surface area contributed by atoms with Crippen molar-refractivity contribution in [2.24, 2.45) is 0 Å². The normalized spacial score (nSPS) is 11.9. The first-order valence-corrected chi connectivity index (χ1v) is 7.19. The van der Waals surface area contributed by atoms with Crippen LogP contribution in [0.1, 0.15) is 28.9 Å². The van der Waals surface area contributed by atoms with E-state index in [1.54, 1.807) is 18.2 Å². The number of carboxylic acid groups (broad SMARTS) is 1. The summed E-state index contributed by atoms with van der Waals surface area (Å²) >= 11 is 9.21. The highest BCUT2D eigenvalue weighted by Crippen LogP contribution is 2.26. The zero-order valence-corrected chi connectivity index (χ0v) is 13.1. The summed E-state index contributed by atoms with van der Waals surface area (Å²) in [6.07, 6.45) is 0. The van der Waals surface area contributed by atoms with Crippen molar-refractivity contribution in [2.75, 3.05) is 5.32 Å². The van der Waals surface area contributed by atoms with E-state index in [-0.39, 0.29) is 11.6 Å². The monoisotopic (exact) mass is 353 g/mol. The van der Waals surface area contributed by atoms with Crippen LogP contribution in [0.3, 0.4) is 0 Å². The molecule has 20 heavy (non-hydrogen) atoms. The number of carbonyl (C=O) groups is 1. The van der Waals surface area contributed by atoms with E-state index < -0.39 is 5.97 Å². The van der Waals surface area contributed by atoms with E-state index in [1.807, 2.05) is 31.2 Å². The molecule has 1 unspecified atom stereocenters. The first-order chi connectivity index (χ1) is 9.47. The van der Waals surface area contributed by atoms with E-state index in [1.165, 1.54) is 0 Å². The fourth-order valence-electron chi connectivity index (χ4n) is 1.89. The lowest BCUT2D eigenvalue weighted by Gasteiger charge is -2.17. The zero-order chi connectivity index (χ0) is 14.7. The molecule has 0 saturated heterocycles. The van der Waals surface area contributed by atoms with Gasteiger partial charge in [-0.2, -0.15) is 0 Å². The zero-order valence-electron chi connectivity index (χ0n) is 10.7. The van der Waals surface area contributed by atoms with Crippen molar-refractivity contribution in [3.05, 3.63) is 63.1 Å². The molecule has 104 valence electrons. The van der Waals surface area contributed by atoms with Gasteiger partial charge < -0.3 is 10.4 Å². The Morgan fingerprint density at radius 3 is 2.50 bits per heavy atom. The molecule has 0 aliphatic carbocycles. The first-order valence-electron chi connectivity index (χ1n) is 6.02. The summed E-state index contributed by atoms with van der Waals surface area (Å²) in [6.45, 7) is 1.97. The standard InChI is InChI=1S/C15H13BrClNO2/c1-9(10-2-5-12(17)6-3-10)18-14-8-11(16)4-7-13(14)15(19)20/h2-9,18H,1H3,(H,19,20). The minimum Gasteiger partial charge on any atom is -0.478 e. The van der Waals surface area contributed by atoms with Crippen LogP contribution < -0.4 is 5.32 Å². The SMILES string of the molecule is CC(Nc1cc(Br)ccc1C(=O)O)c1ccc(Cl)cc1. The van der Waals surface area contributed by atoms with Gasteiger partial charge in [-0.05, 0) is 42.8 Å². The smallest absolute Gasteiger partial charge is 0.337 e. The van der Waals surface area contributed by atoms with Crippen LogP contribution in [-0.4, -0.2) is 11.1 Å². The second-order valence-corrected chi connectivity index (χ2v) is 5.76. The number of nitrogens with one attached hydrogen (secondary N) is 1. The van der Waals surface area contributed by atoms with Crippen molar-refractivity contribution in [1.29, 1.82) is 0 Å². The Hall–Kier alpha value is -1.52. The maximum atomic E-state index is 11.2. The fraction of sp³-hybridized carbons (Fsp3) is 0.133. The molecule has 0 heterocycles. The second kappa shape index (κ2) is 6.29. The number of rotatable bonds is 4. The molecule has 0 fully saturated rings. The van der Waals surface area contributed by atoms with Crippen LogP contribution in [0.2, 0.25) is 5.02 Å². The predicted octanol–water partition coefficient (Wildman–Crippen LogP) is 4.97. The van der Waals surface area contributed by atoms with Gasteiger partial charge in [0.2, 0.25) is 0 Å². The van der Waals surface area contributed by atoms with E-state index >= 15 is 0 Å². The van der Waals surface area contributed by atoms with Crippen LogP contribution >= 0.6 is 27.5 Å². The summed E-state index contributed by atoms with van der Waals surface area (Å²) < 4.78 is 0.827. The topological polar surface area (TPSA) is 49.3 Å². The molecular weight excluding hydrogens is 342 g/mol. The summed E-state index contributed by atoms with van der Waals surface area (Å²) in [5, 5.41) is 13.1. The largest absolute Gasteiger partial charge is 0.478 e. The Kier molecular flexibility index (Phi) is 4.68. The van der Waals surface area contributed by atoms with Gasteiger partial charge in [0.05, 0.1) is 11.3 Å². The molecular formula is C15H13BrClNO2. The molecule has 0 amide bonds. The number of hydrogen-bond donors (Lipinski definition) is 2. The molecule has 2 aromatic carbocycles. The van der Waals surface area contributed by atoms with Crippen molar-refractivity contribution >= 4 is 39.2 Å². The van der Waals surface area contributed by atoms with Gasteiger partial charge in [0.15, 0.2) is 0 Å². The highest BCUT2D eigenvalue weighted by Gasteiger charge is 2.13. The third kappa shape index (κ3) is 3.52. The molecule has 0 aliphatic heterocycles. The van der Waals surface area contributed by atoms with Crippen LogP contribution in [0.4, 0.5) is 5.69 Å². The van der Waals surface area contributed by atoms with Gasteiger partial charge in [-0.3, -0.25) is 0 Å². The minimum atomic E-state index is -0.955. The highest BCUT2D eigenvalue weighted by molar-refractivity contribution is 9.10. The van der Waals surface area contributed by atoms with E-state index in [0.29, 0.717) is 10.7 Å². The van der Waals surface area contributed by atoms with Crippen molar-refractivity contribution in [1.82, 2.24) is 0 Å². The van der Waals surface area contributed by atoms with Gasteiger partial charge in [0, 0.05) is 15.5 Å². The average molecular weight is 355 g/mol. The van der Waals surface area contributed by atoms with Gasteiger partial charge in [0.1, 0.15) is 0 Å². The summed E-state index contributed by atoms with van der Waals surface area (Å²) in [7, 11) is 0. The quantitative estimate of drug-likeness (QED) is 0.814. The minimum absolute atomic E-state index is 0.0281. The van der Waals surface area contributed by atoms with E-state index in [0.717, 1.165) is 10.0 Å². The number of benzene rings is 2. The van der Waals surface area contributed by atoms with E-state index in [2.05, 4.69) is 21.2 Å². The van der Waals surface area contributed by atoms with Crippen molar-refractivity contribution in [3.63, 3.8) is 0 Å². The van der Waals surface area contributed by atoms with Crippen molar-refractivity contribution < 1.29 is 9.90 Å². The number of carboxylic acids is 1. The summed E-state index contributed by atoms with van der Waals surface area (Å²) in [6, 6.07) is 12.5. The lowest BCUT2D eigenvalue weighted by Crippen LogP contribution is -2.10. The maximum absolute atomic E-state index is 11.2. The predicted molar refractivity (Wildman–Crippen MR) is 84.6 cm³/mol. The van der Waals surface area contributed by atoms with Gasteiger partial charge >= 0.3 is 5.97 Å². The molecule has 1 atom stereocenters. The molecule has 0 bridgehead atoms. The summed E-state index contributed by atoms with van der Waals surface area (Å²) in [5.41, 5.74) is 1.86. The van der Waals surface area contributed by atoms with Gasteiger partial charge in [-0.1, -0.05) is 39.7 Å². The Labute approximate surface area is 130 Å². The van der Waals surface area contributed by atoms with Crippen LogP contribution in [0.25, 0.3) is 0 Å². The molecule has 0 spiro atoms. The van der Waals surface area contributed by atoms with Gasteiger partial charge in [-0.25, -0.2) is 4.79 Å². The summed E-state index contributed by atoms with van der Waals surface area (Å²) in [4.78, 5) is 11.2. The molecule has 0 aromatic heterocycles. The van der Waals surface area contributed by atoms with Gasteiger partial charge in [0.25, 0.3) is 0 Å². The number of halogens is 2. The van der Waals surface area contributed by atoms with E-state index in [9.17, 15) is 9.90 Å². The summed E-state index contributed by atoms with van der Waals surface area (Å²) in [5.74, 6) is -0.955. The van der Waals surface area contributed by atoms with Crippen LogP contribution in [0.15, 0.2) is 46.9 Å². The van der Waals surface area contributed by atoms with Crippen molar-refractivity contribution in [2.45, 2.75) is 13.0 Å². The maximum Gasteiger partial charge on any atom is 0.337 e. The lowest BCUT2D eigenvalue weighted by molar-refractivity contribution is 0.0698. The Bertz CT molecular complexity index is 628. The Morgan fingerprint density at radius 1 is 1.25 bits per heavy atom. The average Bonchev–Trinajstić information content (AvgIpc) is 2.39. The second-order valence-electron chi connectivity index (χ2n) is 4.41. The number of hydrogen-bond acceptors (Lipinski definition) is 2. The Morgan fingerprint density at radius 2 is 1.90 bits per heavy atom. The third-order valence-corrected chi connectivity index (χ3v) is 3.70. The fourth-order valence-corrected chi connectivity index (χ4v) is 2.38. The molecule has 3 nitrogen and oxygen atoms in total. The molecule has 5 heteroatoms. The van der Waals surface area contributed by atoms with Crippen molar-refractivity contribution in [3.8, 4) is 0 Å². The number of aromatic carboxylic acids is 1. The van der Waals surface area contributed by atoms with Crippen LogP contribution in [-0.2, 0) is 0 Å². The first kappa shape index (κ1) is 14.9. The highest BCUT2D eigenvalue weighted by atomic mass is 79.9. The van der Waals surface area contributed by atoms with E-state index in [4.69, 9.17) is 11.6 Å². The van der Waals surface area contributed by atoms with Crippen LogP contribution in [0, 0.1) is 0 Å². The van der Waals surface area contributed by atoms with Gasteiger partial charge in [-0.15, -0.1) is 0 Å². The molecule has 2 aromatic rings.